The Morgan fingerprint density at radius 2 is 1.79 bits per heavy atom. The van der Waals surface area contributed by atoms with Crippen LogP contribution in [-0.4, -0.2) is 12.0 Å². The number of anilines is 1. The lowest BCUT2D eigenvalue weighted by Crippen LogP contribution is -2.18. The van der Waals surface area contributed by atoms with Gasteiger partial charge in [-0.1, -0.05) is 0 Å². The van der Waals surface area contributed by atoms with E-state index in [-0.39, 0.29) is 0 Å². The van der Waals surface area contributed by atoms with Gasteiger partial charge in [0.25, 0.3) is 0 Å². The second-order valence-corrected chi connectivity index (χ2v) is 3.80. The minimum absolute atomic E-state index is 0.355. The summed E-state index contributed by atoms with van der Waals surface area (Å²) in [6, 6.07) is 8.24. The van der Waals surface area contributed by atoms with Crippen LogP contribution < -0.4 is 4.90 Å². The molecular formula is C9H8Cl2N2S. The Morgan fingerprint density at radius 3 is 2.21 bits per heavy atom. The number of rotatable bonds is 4. The number of hydrogen-bond donors (Lipinski definition) is 0. The maximum absolute atomic E-state index is 8.45. The van der Waals surface area contributed by atoms with Gasteiger partial charge in [-0.15, -0.1) is 23.2 Å². The van der Waals surface area contributed by atoms with E-state index in [0.717, 1.165) is 22.3 Å². The molecule has 74 valence electrons. The van der Waals surface area contributed by atoms with Crippen molar-refractivity contribution in [1.29, 1.82) is 5.26 Å². The molecule has 0 saturated carbocycles. The second-order valence-electron chi connectivity index (χ2n) is 2.47. The van der Waals surface area contributed by atoms with Crippen molar-refractivity contribution in [3.05, 3.63) is 24.3 Å². The van der Waals surface area contributed by atoms with Crippen molar-refractivity contribution in [3.8, 4) is 5.40 Å². The molecule has 2 nitrogen and oxygen atoms in total. The van der Waals surface area contributed by atoms with E-state index in [2.05, 4.69) is 0 Å². The predicted molar refractivity (Wildman–Crippen MR) is 61.8 cm³/mol. The molecular weight excluding hydrogens is 239 g/mol. The first kappa shape index (κ1) is 11.5. The first-order valence-corrected chi connectivity index (χ1v) is 5.73. The van der Waals surface area contributed by atoms with E-state index >= 15 is 0 Å². The van der Waals surface area contributed by atoms with Gasteiger partial charge in [0.05, 0.1) is 12.0 Å². The van der Waals surface area contributed by atoms with E-state index in [0.29, 0.717) is 12.0 Å². The van der Waals surface area contributed by atoms with Gasteiger partial charge in [-0.3, -0.25) is 0 Å². The van der Waals surface area contributed by atoms with E-state index in [9.17, 15) is 0 Å². The first-order chi connectivity index (χ1) is 6.81. The topological polar surface area (TPSA) is 27.0 Å². The van der Waals surface area contributed by atoms with Crippen molar-refractivity contribution in [2.45, 2.75) is 4.90 Å². The highest BCUT2D eigenvalue weighted by atomic mass is 35.5. The van der Waals surface area contributed by atoms with E-state index in [1.165, 1.54) is 0 Å². The van der Waals surface area contributed by atoms with Crippen molar-refractivity contribution in [3.63, 3.8) is 0 Å². The smallest absolute Gasteiger partial charge is 0.138 e. The Bertz CT molecular complexity index is 317. The van der Waals surface area contributed by atoms with Crippen molar-refractivity contribution < 1.29 is 0 Å². The fourth-order valence-electron chi connectivity index (χ4n) is 0.948. The quantitative estimate of drug-likeness (QED) is 0.353. The molecule has 0 aliphatic heterocycles. The van der Waals surface area contributed by atoms with Crippen LogP contribution >= 0.6 is 35.0 Å². The van der Waals surface area contributed by atoms with Crippen LogP contribution in [0.2, 0.25) is 0 Å². The van der Waals surface area contributed by atoms with Gasteiger partial charge in [-0.05, 0) is 36.0 Å². The van der Waals surface area contributed by atoms with Crippen LogP contribution in [0.15, 0.2) is 29.2 Å². The number of benzene rings is 1. The number of nitrogens with zero attached hydrogens (tertiary/aromatic N) is 2. The Labute approximate surface area is 97.4 Å². The number of alkyl halides is 2. The molecule has 0 spiro atoms. The molecule has 0 saturated heterocycles. The SMILES string of the molecule is N#CSc1ccc(N(CCl)CCl)cc1. The van der Waals surface area contributed by atoms with Crippen molar-refractivity contribution in [2.75, 3.05) is 16.9 Å². The first-order valence-electron chi connectivity index (χ1n) is 3.84. The summed E-state index contributed by atoms with van der Waals surface area (Å²) >= 11 is 12.5. The average Bonchev–Trinajstić information content (AvgIpc) is 2.23. The Morgan fingerprint density at radius 1 is 1.21 bits per heavy atom. The molecule has 0 aliphatic carbocycles. The molecule has 14 heavy (non-hydrogen) atoms. The van der Waals surface area contributed by atoms with Crippen molar-refractivity contribution in [1.82, 2.24) is 0 Å². The lowest BCUT2D eigenvalue weighted by atomic mass is 10.3. The number of thioether (sulfide) groups is 1. The highest BCUT2D eigenvalue weighted by molar-refractivity contribution is 8.03. The summed E-state index contributed by atoms with van der Waals surface area (Å²) in [6.45, 7) is 0. The highest BCUT2D eigenvalue weighted by Gasteiger charge is 2.02. The van der Waals surface area contributed by atoms with Gasteiger partial charge < -0.3 is 4.90 Å². The number of hydrogen-bond acceptors (Lipinski definition) is 3. The third kappa shape index (κ3) is 2.98. The minimum atomic E-state index is 0.355. The fourth-order valence-corrected chi connectivity index (χ4v) is 1.86. The summed E-state index contributed by atoms with van der Waals surface area (Å²) in [5, 5.41) is 10.5. The van der Waals surface area contributed by atoms with Crippen LogP contribution in [0, 0.1) is 10.7 Å². The summed E-state index contributed by atoms with van der Waals surface area (Å²) in [4.78, 5) is 2.73. The monoisotopic (exact) mass is 246 g/mol. The zero-order valence-corrected chi connectivity index (χ0v) is 9.61. The number of thiocyanates is 1. The molecule has 0 amide bonds. The predicted octanol–water partition coefficient (Wildman–Crippen LogP) is 3.46. The lowest BCUT2D eigenvalue weighted by molar-refractivity contribution is 1.05. The van der Waals surface area contributed by atoms with Crippen LogP contribution in [0.5, 0.6) is 0 Å². The van der Waals surface area contributed by atoms with Crippen LogP contribution in [0.25, 0.3) is 0 Å². The minimum Gasteiger partial charge on any atom is -0.344 e. The summed E-state index contributed by atoms with van der Waals surface area (Å²) in [5.41, 5.74) is 0.956. The Hall–Kier alpha value is -0.560. The molecule has 1 aromatic carbocycles. The second kappa shape index (κ2) is 6.02. The summed E-state index contributed by atoms with van der Waals surface area (Å²) in [6.07, 6.45) is 0. The van der Waals surface area contributed by atoms with Gasteiger partial charge in [-0.2, -0.15) is 5.26 Å². The van der Waals surface area contributed by atoms with Crippen molar-refractivity contribution >= 4 is 40.7 Å². The van der Waals surface area contributed by atoms with E-state index < -0.39 is 0 Å². The average molecular weight is 247 g/mol. The van der Waals surface area contributed by atoms with E-state index in [1.807, 2.05) is 34.6 Å². The molecule has 0 fully saturated rings. The van der Waals surface area contributed by atoms with Gasteiger partial charge in [0.1, 0.15) is 5.40 Å². The van der Waals surface area contributed by atoms with Crippen LogP contribution in [0.3, 0.4) is 0 Å². The maximum Gasteiger partial charge on any atom is 0.138 e. The number of nitriles is 1. The largest absolute Gasteiger partial charge is 0.344 e. The van der Waals surface area contributed by atoms with Crippen LogP contribution in [0.1, 0.15) is 0 Å². The van der Waals surface area contributed by atoms with Gasteiger partial charge in [0.2, 0.25) is 0 Å². The molecule has 0 aromatic heterocycles. The zero-order chi connectivity index (χ0) is 10.4. The molecule has 0 bridgehead atoms. The molecule has 0 aliphatic rings. The van der Waals surface area contributed by atoms with Gasteiger partial charge >= 0.3 is 0 Å². The third-order valence-corrected chi connectivity index (χ3v) is 2.83. The fraction of sp³-hybridized carbons (Fsp3) is 0.222. The molecule has 1 aromatic rings. The summed E-state index contributed by atoms with van der Waals surface area (Å²) < 4.78 is 0. The summed E-state index contributed by atoms with van der Waals surface area (Å²) in [5.74, 6) is 0. The standard InChI is InChI=1S/C9H8Cl2N2S/c10-5-13(6-11)8-1-3-9(4-2-8)14-7-12/h1-4H,5-6H2. The van der Waals surface area contributed by atoms with Crippen LogP contribution in [0.4, 0.5) is 5.69 Å². The Balaban J connectivity index is 2.77. The van der Waals surface area contributed by atoms with Gasteiger partial charge in [-0.25, -0.2) is 0 Å². The molecule has 0 N–H and O–H groups in total. The van der Waals surface area contributed by atoms with E-state index in [1.54, 1.807) is 0 Å². The summed E-state index contributed by atoms with van der Waals surface area (Å²) in [7, 11) is 0. The third-order valence-electron chi connectivity index (χ3n) is 1.65. The highest BCUT2D eigenvalue weighted by Crippen LogP contribution is 2.21. The maximum atomic E-state index is 8.45. The molecule has 0 heterocycles. The number of halogens is 2. The molecule has 5 heteroatoms. The molecule has 1 rings (SSSR count). The molecule has 0 unspecified atom stereocenters. The zero-order valence-electron chi connectivity index (χ0n) is 7.28. The van der Waals surface area contributed by atoms with Gasteiger partial charge in [0, 0.05) is 10.6 Å². The van der Waals surface area contributed by atoms with Crippen LogP contribution in [-0.2, 0) is 0 Å². The van der Waals surface area contributed by atoms with Crippen molar-refractivity contribution in [2.24, 2.45) is 0 Å². The van der Waals surface area contributed by atoms with E-state index in [4.69, 9.17) is 28.5 Å². The molecule has 0 radical (unpaired) electrons. The Kier molecular flexibility index (Phi) is 4.95. The lowest BCUT2D eigenvalue weighted by Gasteiger charge is -2.18. The van der Waals surface area contributed by atoms with Gasteiger partial charge in [0.15, 0.2) is 0 Å². The normalized spacial score (nSPS) is 9.50. The molecule has 0 atom stereocenters.